The lowest BCUT2D eigenvalue weighted by atomic mass is 10.2. The number of nitrogens with one attached hydrogen (secondary N) is 2. The van der Waals surface area contributed by atoms with Crippen LogP contribution in [0.25, 0.3) is 0 Å². The first-order chi connectivity index (χ1) is 7.17. The Kier molecular flexibility index (Phi) is 4.03. The van der Waals surface area contributed by atoms with Crippen LogP contribution in [0.1, 0.15) is 12.5 Å². The summed E-state index contributed by atoms with van der Waals surface area (Å²) in [5.74, 6) is 0.857. The summed E-state index contributed by atoms with van der Waals surface area (Å²) < 4.78 is 5.28. The molecule has 0 fully saturated rings. The van der Waals surface area contributed by atoms with Crippen LogP contribution in [-0.2, 0) is 0 Å². The monoisotopic (exact) mass is 206 g/mol. The van der Waals surface area contributed by atoms with E-state index in [-0.39, 0.29) is 0 Å². The predicted molar refractivity (Wildman–Crippen MR) is 64.2 cm³/mol. The lowest BCUT2D eigenvalue weighted by Gasteiger charge is -2.09. The van der Waals surface area contributed by atoms with Gasteiger partial charge in [0.15, 0.2) is 0 Å². The Morgan fingerprint density at radius 1 is 1.40 bits per heavy atom. The van der Waals surface area contributed by atoms with Crippen LogP contribution in [0.4, 0.5) is 5.69 Å². The third-order valence-corrected chi connectivity index (χ3v) is 2.20. The normalized spacial score (nSPS) is 11.1. The first-order valence-electron chi connectivity index (χ1n) is 4.93. The molecule has 0 aliphatic rings. The van der Waals surface area contributed by atoms with Gasteiger partial charge in [-0.25, -0.2) is 0 Å². The quantitative estimate of drug-likeness (QED) is 0.794. The number of aryl methyl sites for hydroxylation is 1. The number of anilines is 1. The lowest BCUT2D eigenvalue weighted by molar-refractivity contribution is 0.416. The molecule has 82 valence electrons. The van der Waals surface area contributed by atoms with E-state index in [4.69, 9.17) is 4.74 Å². The number of rotatable bonds is 4. The second-order valence-corrected chi connectivity index (χ2v) is 3.43. The van der Waals surface area contributed by atoms with Gasteiger partial charge in [0.2, 0.25) is 0 Å². The van der Waals surface area contributed by atoms with E-state index < -0.39 is 0 Å². The summed E-state index contributed by atoms with van der Waals surface area (Å²) in [6, 6.07) is 6.06. The van der Waals surface area contributed by atoms with Gasteiger partial charge in [-0.05, 0) is 31.5 Å². The molecule has 0 spiro atoms. The highest BCUT2D eigenvalue weighted by Gasteiger charge is 2.00. The fraction of sp³-hybridized carbons (Fsp3) is 0.333. The van der Waals surface area contributed by atoms with Gasteiger partial charge in [0.05, 0.1) is 12.8 Å². The van der Waals surface area contributed by atoms with Gasteiger partial charge in [-0.1, -0.05) is 6.07 Å². The van der Waals surface area contributed by atoms with Crippen LogP contribution in [0.3, 0.4) is 0 Å². The van der Waals surface area contributed by atoms with Crippen LogP contribution in [0.5, 0.6) is 5.75 Å². The summed E-state index contributed by atoms with van der Waals surface area (Å²) in [5.41, 5.74) is 3.22. The molecule has 1 aromatic rings. The smallest absolute Gasteiger partial charge is 0.142 e. The van der Waals surface area contributed by atoms with Gasteiger partial charge in [0.1, 0.15) is 5.75 Å². The van der Waals surface area contributed by atoms with Gasteiger partial charge < -0.3 is 15.4 Å². The number of hydrogen-bond acceptors (Lipinski definition) is 3. The highest BCUT2D eigenvalue weighted by molar-refractivity contribution is 5.59. The van der Waals surface area contributed by atoms with E-state index in [0.717, 1.165) is 17.1 Å². The molecule has 0 atom stereocenters. The molecule has 0 heterocycles. The van der Waals surface area contributed by atoms with Gasteiger partial charge in [0.25, 0.3) is 0 Å². The highest BCUT2D eigenvalue weighted by atomic mass is 16.5. The van der Waals surface area contributed by atoms with Crippen molar-refractivity contribution >= 4 is 5.69 Å². The molecule has 0 radical (unpaired) electrons. The average molecular weight is 206 g/mol. The second-order valence-electron chi connectivity index (χ2n) is 3.43. The van der Waals surface area contributed by atoms with Gasteiger partial charge in [-0.3, -0.25) is 0 Å². The summed E-state index contributed by atoms with van der Waals surface area (Å²) in [7, 11) is 3.56. The molecule has 0 unspecified atom stereocenters. The summed E-state index contributed by atoms with van der Waals surface area (Å²) in [6.45, 7) is 4.04. The maximum Gasteiger partial charge on any atom is 0.142 e. The summed E-state index contributed by atoms with van der Waals surface area (Å²) in [5, 5.41) is 6.23. The van der Waals surface area contributed by atoms with Crippen molar-refractivity contribution in [1.29, 1.82) is 0 Å². The zero-order chi connectivity index (χ0) is 11.3. The van der Waals surface area contributed by atoms with Crippen LogP contribution < -0.4 is 15.4 Å². The highest BCUT2D eigenvalue weighted by Crippen LogP contribution is 2.25. The van der Waals surface area contributed by atoms with E-state index in [1.165, 1.54) is 5.56 Å². The Hall–Kier alpha value is -1.64. The fourth-order valence-electron chi connectivity index (χ4n) is 1.18. The third kappa shape index (κ3) is 3.20. The topological polar surface area (TPSA) is 33.3 Å². The van der Waals surface area contributed by atoms with Crippen molar-refractivity contribution in [3.8, 4) is 5.75 Å². The maximum atomic E-state index is 5.28. The molecule has 0 amide bonds. The van der Waals surface area contributed by atoms with Crippen LogP contribution in [0, 0.1) is 6.92 Å². The predicted octanol–water partition coefficient (Wildman–Crippen LogP) is 2.50. The van der Waals surface area contributed by atoms with Gasteiger partial charge in [-0.2, -0.15) is 0 Å². The summed E-state index contributed by atoms with van der Waals surface area (Å²) in [4.78, 5) is 0. The van der Waals surface area contributed by atoms with Crippen LogP contribution in [0.15, 0.2) is 30.1 Å². The van der Waals surface area contributed by atoms with Crippen molar-refractivity contribution < 1.29 is 4.74 Å². The third-order valence-electron chi connectivity index (χ3n) is 2.20. The molecular formula is C12H18N2O. The van der Waals surface area contributed by atoms with Crippen LogP contribution in [0.2, 0.25) is 0 Å². The Balaban J connectivity index is 2.85. The molecule has 2 N–H and O–H groups in total. The number of ether oxygens (including phenoxy) is 1. The molecule has 15 heavy (non-hydrogen) atoms. The van der Waals surface area contributed by atoms with Crippen molar-refractivity contribution in [2.24, 2.45) is 0 Å². The van der Waals surface area contributed by atoms with E-state index in [1.807, 2.05) is 45.3 Å². The fourth-order valence-corrected chi connectivity index (χ4v) is 1.18. The van der Waals surface area contributed by atoms with E-state index in [1.54, 1.807) is 7.11 Å². The van der Waals surface area contributed by atoms with Gasteiger partial charge >= 0.3 is 0 Å². The first-order valence-corrected chi connectivity index (χ1v) is 4.93. The molecule has 0 aromatic heterocycles. The molecular weight excluding hydrogens is 188 g/mol. The second kappa shape index (κ2) is 5.29. The molecule has 3 nitrogen and oxygen atoms in total. The molecule has 1 rings (SSSR count). The molecule has 0 aliphatic carbocycles. The minimum atomic E-state index is 0.857. The Morgan fingerprint density at radius 3 is 2.73 bits per heavy atom. The van der Waals surface area contributed by atoms with E-state index in [0.29, 0.717) is 0 Å². The largest absolute Gasteiger partial charge is 0.495 e. The molecule has 0 aliphatic heterocycles. The maximum absolute atomic E-state index is 5.28. The van der Waals surface area contributed by atoms with Gasteiger partial charge in [0, 0.05) is 18.9 Å². The summed E-state index contributed by atoms with van der Waals surface area (Å²) >= 11 is 0. The molecule has 3 heteroatoms. The Bertz CT molecular complexity index is 359. The van der Waals surface area contributed by atoms with Crippen molar-refractivity contribution in [2.45, 2.75) is 13.8 Å². The molecule has 0 saturated carbocycles. The zero-order valence-corrected chi connectivity index (χ0v) is 9.72. The minimum absolute atomic E-state index is 0.857. The van der Waals surface area contributed by atoms with Crippen LogP contribution >= 0.6 is 0 Å². The van der Waals surface area contributed by atoms with E-state index in [2.05, 4.69) is 10.6 Å². The SMILES string of the molecule is CN/C(C)=C\Nc1ccc(C)cc1OC. The van der Waals surface area contributed by atoms with Crippen molar-refractivity contribution in [3.05, 3.63) is 35.7 Å². The molecule has 0 bridgehead atoms. The standard InChI is InChI=1S/C12H18N2O/c1-9-5-6-11(12(7-9)15-4)14-8-10(2)13-3/h5-8,13-14H,1-4H3/b10-8-. The van der Waals surface area contributed by atoms with Crippen molar-refractivity contribution in [3.63, 3.8) is 0 Å². The molecule has 1 aromatic carbocycles. The first kappa shape index (κ1) is 11.4. The number of methoxy groups -OCH3 is 1. The van der Waals surface area contributed by atoms with Crippen LogP contribution in [-0.4, -0.2) is 14.2 Å². The number of allylic oxidation sites excluding steroid dienone is 1. The number of benzene rings is 1. The summed E-state index contributed by atoms with van der Waals surface area (Å²) in [6.07, 6.45) is 1.91. The lowest BCUT2D eigenvalue weighted by Crippen LogP contribution is -2.04. The zero-order valence-electron chi connectivity index (χ0n) is 9.72. The molecule has 0 saturated heterocycles. The van der Waals surface area contributed by atoms with Gasteiger partial charge in [-0.15, -0.1) is 0 Å². The Morgan fingerprint density at radius 2 is 2.13 bits per heavy atom. The van der Waals surface area contributed by atoms with Crippen molar-refractivity contribution in [2.75, 3.05) is 19.5 Å². The minimum Gasteiger partial charge on any atom is -0.495 e. The number of hydrogen-bond donors (Lipinski definition) is 2. The Labute approximate surface area is 91.1 Å². The average Bonchev–Trinajstić information content (AvgIpc) is 2.26. The van der Waals surface area contributed by atoms with E-state index >= 15 is 0 Å². The van der Waals surface area contributed by atoms with E-state index in [9.17, 15) is 0 Å². The van der Waals surface area contributed by atoms with Crippen molar-refractivity contribution in [1.82, 2.24) is 5.32 Å².